The Morgan fingerprint density at radius 3 is 2.32 bits per heavy atom. The summed E-state index contributed by atoms with van der Waals surface area (Å²) in [6, 6.07) is 19.3. The maximum absolute atomic E-state index is 13.7. The number of rotatable bonds is 5. The van der Waals surface area contributed by atoms with Crippen LogP contribution in [0.1, 0.15) is 11.6 Å². The first-order chi connectivity index (χ1) is 16.4. The molecular weight excluding hydrogens is 506 g/mol. The molecule has 2 aliphatic heterocycles. The number of halogens is 1. The molecule has 172 valence electrons. The average molecular weight is 524 g/mol. The largest absolute Gasteiger partial charge is 0.496 e. The minimum Gasteiger partial charge on any atom is -0.496 e. The third-order valence-electron chi connectivity index (χ3n) is 5.96. The maximum atomic E-state index is 13.7. The standard InChI is InChI=1S/C24H18BrN3O6/c1-33-19-12-7-14(25)13-18(19)21-20-22(34-27(21)16-5-3-2-4-6-16)24(30)26(23(20)29)15-8-10-17(11-9-15)28(31)32/h2-13,20-22H,1H3/t20-,21+,22-/m1/s1. The summed E-state index contributed by atoms with van der Waals surface area (Å²) in [5.41, 5.74) is 1.49. The van der Waals surface area contributed by atoms with Gasteiger partial charge in [0.15, 0.2) is 6.10 Å². The molecule has 0 radical (unpaired) electrons. The molecule has 3 aromatic carbocycles. The SMILES string of the molecule is COc1ccc(Br)cc1[C@H]1[C@H]2C(=O)N(c3ccc([N+](=O)[O-])cc3)C(=O)[C@@H]2ON1c1ccccc1. The number of non-ortho nitro benzene ring substituents is 1. The summed E-state index contributed by atoms with van der Waals surface area (Å²) in [5, 5.41) is 12.6. The zero-order valence-electron chi connectivity index (χ0n) is 17.8. The summed E-state index contributed by atoms with van der Waals surface area (Å²) >= 11 is 3.48. The number of carbonyl (C=O) groups excluding carboxylic acids is 2. The van der Waals surface area contributed by atoms with E-state index in [-0.39, 0.29) is 11.4 Å². The number of ether oxygens (including phenoxy) is 1. The highest BCUT2D eigenvalue weighted by molar-refractivity contribution is 9.10. The lowest BCUT2D eigenvalue weighted by Crippen LogP contribution is -2.37. The fourth-order valence-corrected chi connectivity index (χ4v) is 4.82. The fourth-order valence-electron chi connectivity index (χ4n) is 4.44. The summed E-state index contributed by atoms with van der Waals surface area (Å²) < 4.78 is 6.36. The molecule has 0 N–H and O–H groups in total. The van der Waals surface area contributed by atoms with Crippen molar-refractivity contribution in [3.8, 4) is 5.75 Å². The van der Waals surface area contributed by atoms with E-state index in [1.807, 2.05) is 42.5 Å². The Morgan fingerprint density at radius 2 is 1.68 bits per heavy atom. The molecule has 2 fully saturated rings. The molecule has 10 heteroatoms. The van der Waals surface area contributed by atoms with Crippen LogP contribution in [0.2, 0.25) is 0 Å². The van der Waals surface area contributed by atoms with Crippen molar-refractivity contribution in [2.75, 3.05) is 17.1 Å². The number of nitrogens with zero attached hydrogens (tertiary/aromatic N) is 3. The van der Waals surface area contributed by atoms with Crippen LogP contribution in [0.25, 0.3) is 0 Å². The van der Waals surface area contributed by atoms with Crippen LogP contribution in [-0.2, 0) is 14.4 Å². The van der Waals surface area contributed by atoms with E-state index in [2.05, 4.69) is 15.9 Å². The minimum absolute atomic E-state index is 0.133. The summed E-state index contributed by atoms with van der Waals surface area (Å²) in [6.07, 6.45) is -1.06. The quantitative estimate of drug-likeness (QED) is 0.277. The van der Waals surface area contributed by atoms with Crippen molar-refractivity contribution in [3.05, 3.63) is 92.9 Å². The van der Waals surface area contributed by atoms with Crippen molar-refractivity contribution in [2.45, 2.75) is 12.1 Å². The van der Waals surface area contributed by atoms with Gasteiger partial charge in [-0.1, -0.05) is 34.1 Å². The van der Waals surface area contributed by atoms with Gasteiger partial charge in [-0.05, 0) is 42.5 Å². The Labute approximate surface area is 202 Å². The van der Waals surface area contributed by atoms with Gasteiger partial charge >= 0.3 is 0 Å². The molecule has 0 saturated carbocycles. The van der Waals surface area contributed by atoms with Crippen LogP contribution < -0.4 is 14.7 Å². The predicted octanol–water partition coefficient (Wildman–Crippen LogP) is 4.42. The van der Waals surface area contributed by atoms with Crippen LogP contribution in [-0.4, -0.2) is 30.0 Å². The number of para-hydroxylation sites is 1. The van der Waals surface area contributed by atoms with E-state index in [4.69, 9.17) is 9.57 Å². The van der Waals surface area contributed by atoms with Gasteiger partial charge in [0, 0.05) is 22.2 Å². The number of benzene rings is 3. The Balaban J connectivity index is 1.60. The second-order valence-electron chi connectivity index (χ2n) is 7.83. The second-order valence-corrected chi connectivity index (χ2v) is 8.75. The molecule has 0 bridgehead atoms. The van der Waals surface area contributed by atoms with Crippen molar-refractivity contribution in [3.63, 3.8) is 0 Å². The van der Waals surface area contributed by atoms with Gasteiger partial charge in [-0.25, -0.2) is 9.96 Å². The number of amides is 2. The summed E-state index contributed by atoms with van der Waals surface area (Å²) in [5.74, 6) is -1.28. The number of imide groups is 1. The third kappa shape index (κ3) is 3.51. The summed E-state index contributed by atoms with van der Waals surface area (Å²) in [4.78, 5) is 44.7. The van der Waals surface area contributed by atoms with Crippen LogP contribution in [0.3, 0.4) is 0 Å². The molecular formula is C24H18BrN3O6. The number of hydrogen-bond acceptors (Lipinski definition) is 7. The molecule has 0 aliphatic carbocycles. The first-order valence-electron chi connectivity index (χ1n) is 10.4. The molecule has 2 aliphatic rings. The number of nitro groups is 1. The molecule has 9 nitrogen and oxygen atoms in total. The lowest BCUT2D eigenvalue weighted by Gasteiger charge is -2.29. The van der Waals surface area contributed by atoms with Gasteiger partial charge < -0.3 is 4.74 Å². The van der Waals surface area contributed by atoms with E-state index < -0.39 is 34.8 Å². The van der Waals surface area contributed by atoms with E-state index in [0.29, 0.717) is 17.0 Å². The van der Waals surface area contributed by atoms with E-state index in [1.165, 1.54) is 31.4 Å². The molecule has 2 saturated heterocycles. The Kier molecular flexibility index (Phi) is 5.54. The van der Waals surface area contributed by atoms with E-state index in [0.717, 1.165) is 9.37 Å². The van der Waals surface area contributed by atoms with Crippen LogP contribution in [0.5, 0.6) is 5.75 Å². The second kappa shape index (κ2) is 8.54. The van der Waals surface area contributed by atoms with Gasteiger partial charge in [0.05, 0.1) is 29.4 Å². The Morgan fingerprint density at radius 1 is 0.971 bits per heavy atom. The molecule has 5 rings (SSSR count). The Bertz CT molecular complexity index is 1280. The molecule has 3 aromatic rings. The van der Waals surface area contributed by atoms with Crippen LogP contribution in [0.4, 0.5) is 17.1 Å². The van der Waals surface area contributed by atoms with Crippen molar-refractivity contribution >= 4 is 44.8 Å². The van der Waals surface area contributed by atoms with E-state index in [9.17, 15) is 19.7 Å². The molecule has 0 spiro atoms. The van der Waals surface area contributed by atoms with Gasteiger partial charge in [-0.3, -0.25) is 24.5 Å². The molecule has 2 amide bonds. The van der Waals surface area contributed by atoms with Gasteiger partial charge in [0.1, 0.15) is 11.7 Å². The molecule has 0 aromatic heterocycles. The minimum atomic E-state index is -1.06. The number of nitro benzene ring substituents is 1. The number of hydroxylamine groups is 1. The normalized spacial score (nSPS) is 21.6. The zero-order valence-corrected chi connectivity index (χ0v) is 19.4. The van der Waals surface area contributed by atoms with Gasteiger partial charge in [0.2, 0.25) is 5.91 Å². The smallest absolute Gasteiger partial charge is 0.269 e. The predicted molar refractivity (Wildman–Crippen MR) is 126 cm³/mol. The highest BCUT2D eigenvalue weighted by Gasteiger charge is 2.60. The average Bonchev–Trinajstić information content (AvgIpc) is 3.35. The number of anilines is 2. The molecule has 3 atom stereocenters. The van der Waals surface area contributed by atoms with Gasteiger partial charge in [0.25, 0.3) is 11.6 Å². The Hall–Kier alpha value is -3.76. The van der Waals surface area contributed by atoms with Crippen LogP contribution in [0, 0.1) is 16.0 Å². The van der Waals surface area contributed by atoms with Crippen molar-refractivity contribution in [2.24, 2.45) is 5.92 Å². The molecule has 2 heterocycles. The monoisotopic (exact) mass is 523 g/mol. The van der Waals surface area contributed by atoms with Crippen LogP contribution >= 0.6 is 15.9 Å². The third-order valence-corrected chi connectivity index (χ3v) is 6.45. The van der Waals surface area contributed by atoms with Gasteiger partial charge in [-0.15, -0.1) is 0 Å². The van der Waals surface area contributed by atoms with Crippen molar-refractivity contribution in [1.82, 2.24) is 0 Å². The zero-order chi connectivity index (χ0) is 24.0. The lowest BCUT2D eigenvalue weighted by atomic mass is 9.90. The molecule has 0 unspecified atom stereocenters. The lowest BCUT2D eigenvalue weighted by molar-refractivity contribution is -0.384. The fraction of sp³-hybridized carbons (Fsp3) is 0.167. The van der Waals surface area contributed by atoms with E-state index >= 15 is 0 Å². The number of methoxy groups -OCH3 is 1. The van der Waals surface area contributed by atoms with Crippen molar-refractivity contribution < 1.29 is 24.1 Å². The summed E-state index contributed by atoms with van der Waals surface area (Å²) in [6.45, 7) is 0. The molecule has 34 heavy (non-hydrogen) atoms. The summed E-state index contributed by atoms with van der Waals surface area (Å²) in [7, 11) is 1.54. The first-order valence-corrected chi connectivity index (χ1v) is 11.2. The van der Waals surface area contributed by atoms with E-state index in [1.54, 1.807) is 11.1 Å². The topological polar surface area (TPSA) is 102 Å². The highest BCUT2D eigenvalue weighted by Crippen LogP contribution is 2.50. The van der Waals surface area contributed by atoms with Gasteiger partial charge in [-0.2, -0.15) is 0 Å². The highest BCUT2D eigenvalue weighted by atomic mass is 79.9. The number of fused-ring (bicyclic) bond motifs is 1. The number of hydrogen-bond donors (Lipinski definition) is 0. The first kappa shape index (κ1) is 22.1. The van der Waals surface area contributed by atoms with Crippen LogP contribution in [0.15, 0.2) is 77.3 Å². The maximum Gasteiger partial charge on any atom is 0.269 e. The number of carbonyl (C=O) groups is 2. The van der Waals surface area contributed by atoms with Crippen molar-refractivity contribution in [1.29, 1.82) is 0 Å².